The van der Waals surface area contributed by atoms with Crippen molar-refractivity contribution < 1.29 is 0 Å². The minimum atomic E-state index is 1.05. The van der Waals surface area contributed by atoms with Crippen LogP contribution in [0.1, 0.15) is 34.6 Å². The quantitative estimate of drug-likeness (QED) is 0.735. The van der Waals surface area contributed by atoms with E-state index in [0.29, 0.717) is 0 Å². The average Bonchev–Trinajstić information content (AvgIpc) is 2.63. The van der Waals surface area contributed by atoms with Crippen LogP contribution in [0.25, 0.3) is 0 Å². The van der Waals surface area contributed by atoms with Crippen LogP contribution in [0.4, 0.5) is 0 Å². The number of rotatable bonds is 2. The van der Waals surface area contributed by atoms with Crippen molar-refractivity contribution >= 4 is 6.21 Å². The van der Waals surface area contributed by atoms with Crippen LogP contribution in [0.5, 0.6) is 0 Å². The number of allylic oxidation sites excluding steroid dienone is 4. The van der Waals surface area contributed by atoms with Gasteiger partial charge in [0.15, 0.2) is 0 Å². The van der Waals surface area contributed by atoms with Crippen LogP contribution in [0, 0.1) is 0 Å². The molecule has 0 aromatic rings. The maximum Gasteiger partial charge on any atom is 0.0679 e. The van der Waals surface area contributed by atoms with Gasteiger partial charge in [-0.3, -0.25) is 4.99 Å². The number of nitrogens with zero attached hydrogens (tertiary/aromatic N) is 1. The Labute approximate surface area is 93.5 Å². The molecule has 0 amide bonds. The zero-order valence-corrected chi connectivity index (χ0v) is 10.7. The predicted molar refractivity (Wildman–Crippen MR) is 69.1 cm³/mol. The summed E-state index contributed by atoms with van der Waals surface area (Å²) in [5.41, 5.74) is 4.67. The smallest absolute Gasteiger partial charge is 0.0679 e. The number of hydrogen-bond donors (Lipinski definition) is 1. The fourth-order valence-corrected chi connectivity index (χ4v) is 1.17. The van der Waals surface area contributed by atoms with Gasteiger partial charge in [0.2, 0.25) is 0 Å². The van der Waals surface area contributed by atoms with Crippen LogP contribution in [0.3, 0.4) is 0 Å². The topological polar surface area (TPSA) is 24.4 Å². The molecule has 0 bridgehead atoms. The first kappa shape index (κ1) is 13.7. The average molecular weight is 206 g/mol. The summed E-state index contributed by atoms with van der Waals surface area (Å²) in [7, 11) is 1.93. The second kappa shape index (κ2) is 7.04. The summed E-state index contributed by atoms with van der Waals surface area (Å²) in [4.78, 5) is 4.26. The molecule has 0 aromatic carbocycles. The molecule has 0 saturated heterocycles. The highest BCUT2D eigenvalue weighted by atomic mass is 14.8. The largest absolute Gasteiger partial charge is 0.388 e. The fraction of sp³-hybridized carbons (Fsp3) is 0.462. The SMILES string of the molecule is CC.CNC(/C=C1\N=CC=C1C)=C(C)C. The Bertz CT molecular complexity index is 313. The first-order valence-electron chi connectivity index (χ1n) is 5.43. The van der Waals surface area contributed by atoms with Gasteiger partial charge in [-0.1, -0.05) is 19.4 Å². The molecular formula is C13H22N2. The Morgan fingerprint density at radius 1 is 1.33 bits per heavy atom. The van der Waals surface area contributed by atoms with Crippen LogP contribution in [-0.4, -0.2) is 13.3 Å². The number of hydrogen-bond acceptors (Lipinski definition) is 2. The maximum atomic E-state index is 4.26. The summed E-state index contributed by atoms with van der Waals surface area (Å²) in [6.07, 6.45) is 5.92. The molecule has 0 unspecified atom stereocenters. The van der Waals surface area contributed by atoms with Gasteiger partial charge in [0.25, 0.3) is 0 Å². The highest BCUT2D eigenvalue weighted by molar-refractivity contribution is 5.79. The summed E-state index contributed by atoms with van der Waals surface area (Å²) >= 11 is 0. The summed E-state index contributed by atoms with van der Waals surface area (Å²) in [5, 5.41) is 3.15. The molecule has 2 heteroatoms. The lowest BCUT2D eigenvalue weighted by Crippen LogP contribution is -2.05. The molecule has 15 heavy (non-hydrogen) atoms. The molecule has 1 N–H and O–H groups in total. The molecule has 1 heterocycles. The van der Waals surface area contributed by atoms with Gasteiger partial charge >= 0.3 is 0 Å². The lowest BCUT2D eigenvalue weighted by atomic mass is 10.1. The van der Waals surface area contributed by atoms with Gasteiger partial charge in [-0.2, -0.15) is 0 Å². The second-order valence-corrected chi connectivity index (χ2v) is 3.32. The zero-order chi connectivity index (χ0) is 11.8. The van der Waals surface area contributed by atoms with Crippen molar-refractivity contribution in [2.24, 2.45) is 4.99 Å². The first-order chi connectivity index (χ1) is 7.15. The molecule has 0 saturated carbocycles. The van der Waals surface area contributed by atoms with Crippen LogP contribution < -0.4 is 5.32 Å². The van der Waals surface area contributed by atoms with E-state index in [2.05, 4.69) is 37.2 Å². The summed E-state index contributed by atoms with van der Waals surface area (Å²) in [6.45, 7) is 10.2. The minimum Gasteiger partial charge on any atom is -0.388 e. The first-order valence-corrected chi connectivity index (χ1v) is 5.43. The van der Waals surface area contributed by atoms with Crippen molar-refractivity contribution in [1.82, 2.24) is 5.32 Å². The summed E-state index contributed by atoms with van der Waals surface area (Å²) < 4.78 is 0. The van der Waals surface area contributed by atoms with Gasteiger partial charge in [-0.25, -0.2) is 0 Å². The predicted octanol–water partition coefficient (Wildman–Crippen LogP) is 3.44. The van der Waals surface area contributed by atoms with E-state index >= 15 is 0 Å². The van der Waals surface area contributed by atoms with E-state index in [9.17, 15) is 0 Å². The molecule has 1 rings (SSSR count). The van der Waals surface area contributed by atoms with Gasteiger partial charge in [-0.05, 0) is 38.5 Å². The molecule has 1 aliphatic rings. The minimum absolute atomic E-state index is 1.05. The highest BCUT2D eigenvalue weighted by Gasteiger charge is 2.03. The number of nitrogens with one attached hydrogen (secondary N) is 1. The summed E-state index contributed by atoms with van der Waals surface area (Å²) in [6, 6.07) is 0. The molecule has 0 atom stereocenters. The van der Waals surface area contributed by atoms with Gasteiger partial charge in [0.1, 0.15) is 0 Å². The van der Waals surface area contributed by atoms with Gasteiger partial charge in [-0.15, -0.1) is 0 Å². The van der Waals surface area contributed by atoms with Gasteiger partial charge in [0.05, 0.1) is 5.70 Å². The lowest BCUT2D eigenvalue weighted by Gasteiger charge is -2.05. The van der Waals surface area contributed by atoms with E-state index in [-0.39, 0.29) is 0 Å². The third-order valence-corrected chi connectivity index (χ3v) is 2.03. The Morgan fingerprint density at radius 3 is 2.27 bits per heavy atom. The van der Waals surface area contributed by atoms with Gasteiger partial charge in [0, 0.05) is 19.0 Å². The Morgan fingerprint density at radius 2 is 1.93 bits per heavy atom. The van der Waals surface area contributed by atoms with E-state index in [1.165, 1.54) is 11.1 Å². The third-order valence-electron chi connectivity index (χ3n) is 2.03. The van der Waals surface area contributed by atoms with Crippen molar-refractivity contribution in [3.05, 3.63) is 34.7 Å². The van der Waals surface area contributed by atoms with Crippen LogP contribution in [-0.2, 0) is 0 Å². The number of aliphatic imine (C=N–C) groups is 1. The highest BCUT2D eigenvalue weighted by Crippen LogP contribution is 2.17. The molecule has 84 valence electrons. The molecule has 0 fully saturated rings. The molecule has 1 aliphatic heterocycles. The third kappa shape index (κ3) is 4.15. The Kier molecular flexibility index (Phi) is 6.43. The molecule has 0 aromatic heterocycles. The zero-order valence-electron chi connectivity index (χ0n) is 10.7. The lowest BCUT2D eigenvalue weighted by molar-refractivity contribution is 0.992. The normalized spacial score (nSPS) is 15.6. The van der Waals surface area contributed by atoms with Crippen molar-refractivity contribution in [3.63, 3.8) is 0 Å². The van der Waals surface area contributed by atoms with Crippen molar-refractivity contribution in [3.8, 4) is 0 Å². The number of likely N-dealkylation sites (N-methyl/N-ethyl adjacent to an activating group) is 1. The van der Waals surface area contributed by atoms with Crippen LogP contribution in [0.15, 0.2) is 39.7 Å². The summed E-state index contributed by atoms with van der Waals surface area (Å²) in [5.74, 6) is 0. The van der Waals surface area contributed by atoms with Crippen LogP contribution >= 0.6 is 0 Å². The molecule has 0 aliphatic carbocycles. The molecule has 2 nitrogen and oxygen atoms in total. The van der Waals surface area contributed by atoms with Crippen molar-refractivity contribution in [2.45, 2.75) is 34.6 Å². The van der Waals surface area contributed by atoms with Crippen LogP contribution in [0.2, 0.25) is 0 Å². The standard InChI is InChI=1S/C11H16N2.C2H6/c1-8(2)10(12-4)7-11-9(3)5-6-13-11;1-2/h5-7,12H,1-4H3;1-2H3/b11-7-;. The van der Waals surface area contributed by atoms with E-state index < -0.39 is 0 Å². The second-order valence-electron chi connectivity index (χ2n) is 3.32. The van der Waals surface area contributed by atoms with E-state index in [1.54, 1.807) is 0 Å². The fourth-order valence-electron chi connectivity index (χ4n) is 1.17. The Balaban J connectivity index is 0.000000921. The van der Waals surface area contributed by atoms with E-state index in [0.717, 1.165) is 11.4 Å². The Hall–Kier alpha value is -1.31. The van der Waals surface area contributed by atoms with Crippen molar-refractivity contribution in [2.75, 3.05) is 7.05 Å². The monoisotopic (exact) mass is 206 g/mol. The van der Waals surface area contributed by atoms with E-state index in [1.807, 2.05) is 33.2 Å². The van der Waals surface area contributed by atoms with Crippen molar-refractivity contribution in [1.29, 1.82) is 0 Å². The molecule has 0 spiro atoms. The van der Waals surface area contributed by atoms with Gasteiger partial charge < -0.3 is 5.32 Å². The molecule has 0 radical (unpaired) electrons. The maximum absolute atomic E-state index is 4.26. The van der Waals surface area contributed by atoms with E-state index in [4.69, 9.17) is 0 Å². The molecular weight excluding hydrogens is 184 g/mol.